The maximum atomic E-state index is 13.4. The number of ether oxygens (including phenoxy) is 2. The summed E-state index contributed by atoms with van der Waals surface area (Å²) in [7, 11) is 1.47. The van der Waals surface area contributed by atoms with E-state index in [0.29, 0.717) is 42.7 Å². The van der Waals surface area contributed by atoms with Crippen LogP contribution >= 0.6 is 47.8 Å². The fourth-order valence-corrected chi connectivity index (χ4v) is 5.05. The molecule has 0 unspecified atom stereocenters. The zero-order valence-electron chi connectivity index (χ0n) is 21.7. The average Bonchev–Trinajstić information content (AvgIpc) is 2.94. The van der Waals surface area contributed by atoms with E-state index in [1.807, 2.05) is 19.9 Å². The van der Waals surface area contributed by atoms with Crippen LogP contribution in [0.1, 0.15) is 37.6 Å². The molecule has 0 bridgehead atoms. The van der Waals surface area contributed by atoms with Gasteiger partial charge in [-0.1, -0.05) is 29.8 Å². The number of benzene rings is 3. The molecular formula is C28H24Br3FN4O4. The fourth-order valence-electron chi connectivity index (χ4n) is 3.75. The van der Waals surface area contributed by atoms with Gasteiger partial charge in [-0.25, -0.2) is 9.37 Å². The molecule has 1 N–H and O–H groups in total. The van der Waals surface area contributed by atoms with E-state index in [1.165, 1.54) is 42.3 Å². The first kappa shape index (κ1) is 29.9. The lowest BCUT2D eigenvalue weighted by Gasteiger charge is -2.16. The Morgan fingerprint density at radius 2 is 1.88 bits per heavy atom. The van der Waals surface area contributed by atoms with E-state index in [2.05, 4.69) is 58.2 Å². The Morgan fingerprint density at radius 1 is 1.15 bits per heavy atom. The number of methoxy groups -OCH3 is 1. The number of amides is 1. The minimum atomic E-state index is -0.435. The Morgan fingerprint density at radius 3 is 2.55 bits per heavy atom. The molecule has 12 heteroatoms. The molecular weight excluding hydrogens is 715 g/mol. The summed E-state index contributed by atoms with van der Waals surface area (Å²) in [5.41, 5.74) is 1.34. The number of rotatable bonds is 9. The van der Waals surface area contributed by atoms with Crippen molar-refractivity contribution in [1.82, 2.24) is 9.66 Å². The molecule has 1 heterocycles. The predicted molar refractivity (Wildman–Crippen MR) is 164 cm³/mol. The van der Waals surface area contributed by atoms with Crippen molar-refractivity contribution in [2.45, 2.75) is 26.2 Å². The van der Waals surface area contributed by atoms with Crippen molar-refractivity contribution in [2.75, 3.05) is 19.0 Å². The van der Waals surface area contributed by atoms with Crippen molar-refractivity contribution in [3.8, 4) is 11.5 Å². The number of nitrogens with zero attached hydrogens (tertiary/aromatic N) is 3. The number of aromatic nitrogens is 2. The Labute approximate surface area is 255 Å². The molecule has 1 atom stereocenters. The number of anilines is 1. The van der Waals surface area contributed by atoms with E-state index < -0.39 is 11.7 Å². The zero-order chi connectivity index (χ0) is 29.0. The van der Waals surface area contributed by atoms with Gasteiger partial charge in [0.15, 0.2) is 18.1 Å². The van der Waals surface area contributed by atoms with E-state index in [9.17, 15) is 14.0 Å². The lowest BCUT2D eigenvalue weighted by Crippen LogP contribution is -2.23. The van der Waals surface area contributed by atoms with Crippen LogP contribution in [0.15, 0.2) is 71.8 Å². The van der Waals surface area contributed by atoms with Crippen molar-refractivity contribution in [1.29, 1.82) is 0 Å². The lowest BCUT2D eigenvalue weighted by molar-refractivity contribution is -0.118. The molecule has 4 rings (SSSR count). The molecule has 0 spiro atoms. The van der Waals surface area contributed by atoms with E-state index in [0.717, 1.165) is 10.9 Å². The predicted octanol–water partition coefficient (Wildman–Crippen LogP) is 7.24. The molecule has 0 aliphatic rings. The molecule has 208 valence electrons. The summed E-state index contributed by atoms with van der Waals surface area (Å²) in [6, 6.07) is 12.5. The van der Waals surface area contributed by atoms with Gasteiger partial charge in [-0.2, -0.15) is 9.78 Å². The van der Waals surface area contributed by atoms with Crippen LogP contribution in [0.4, 0.5) is 10.1 Å². The Balaban J connectivity index is 1.65. The number of nitrogens with one attached hydrogen (secondary N) is 1. The Bertz CT molecular complexity index is 1660. The van der Waals surface area contributed by atoms with Gasteiger partial charge in [0.05, 0.1) is 28.7 Å². The van der Waals surface area contributed by atoms with Crippen LogP contribution in [0, 0.1) is 5.82 Å². The first-order chi connectivity index (χ1) is 19.1. The van der Waals surface area contributed by atoms with E-state index >= 15 is 0 Å². The summed E-state index contributed by atoms with van der Waals surface area (Å²) in [6.07, 6.45) is 2.30. The number of carbonyl (C=O) groups is 1. The molecule has 0 saturated carbocycles. The number of hydrogen-bond acceptors (Lipinski definition) is 6. The van der Waals surface area contributed by atoms with Crippen LogP contribution in [0.3, 0.4) is 0 Å². The third kappa shape index (κ3) is 6.61. The highest BCUT2D eigenvalue weighted by molar-refractivity contribution is 9.13. The molecule has 0 aliphatic heterocycles. The van der Waals surface area contributed by atoms with Crippen LogP contribution in [0.25, 0.3) is 10.9 Å². The highest BCUT2D eigenvalue weighted by Crippen LogP contribution is 2.42. The summed E-state index contributed by atoms with van der Waals surface area (Å²) in [5.74, 6) is 0.320. The van der Waals surface area contributed by atoms with Crippen LogP contribution in [0.2, 0.25) is 0 Å². The Kier molecular flexibility index (Phi) is 9.75. The van der Waals surface area contributed by atoms with E-state index in [4.69, 9.17) is 14.5 Å². The van der Waals surface area contributed by atoms with Gasteiger partial charge >= 0.3 is 0 Å². The molecule has 0 saturated heterocycles. The van der Waals surface area contributed by atoms with Crippen molar-refractivity contribution in [3.63, 3.8) is 0 Å². The van der Waals surface area contributed by atoms with E-state index in [-0.39, 0.29) is 23.8 Å². The summed E-state index contributed by atoms with van der Waals surface area (Å²) in [4.78, 5) is 30.6. The van der Waals surface area contributed by atoms with Gasteiger partial charge in [0, 0.05) is 26.1 Å². The minimum Gasteiger partial charge on any atom is -0.493 e. The summed E-state index contributed by atoms with van der Waals surface area (Å²) >= 11 is 10.5. The number of carbonyl (C=O) groups excluding carboxylic acids is 1. The van der Waals surface area contributed by atoms with Crippen molar-refractivity contribution in [2.24, 2.45) is 5.10 Å². The minimum absolute atomic E-state index is 0.0144. The largest absolute Gasteiger partial charge is 0.493 e. The molecule has 0 fully saturated rings. The van der Waals surface area contributed by atoms with Gasteiger partial charge in [-0.3, -0.25) is 9.59 Å². The van der Waals surface area contributed by atoms with Gasteiger partial charge in [0.2, 0.25) is 0 Å². The van der Waals surface area contributed by atoms with Crippen LogP contribution < -0.4 is 20.3 Å². The molecule has 1 aromatic heterocycles. The molecule has 40 heavy (non-hydrogen) atoms. The quantitative estimate of drug-likeness (QED) is 0.183. The normalized spacial score (nSPS) is 12.1. The summed E-state index contributed by atoms with van der Waals surface area (Å²) in [5, 5.41) is 7.61. The molecule has 8 nitrogen and oxygen atoms in total. The van der Waals surface area contributed by atoms with Gasteiger partial charge in [-0.15, -0.1) is 0 Å². The van der Waals surface area contributed by atoms with Crippen molar-refractivity contribution >= 4 is 76.5 Å². The third-order valence-corrected chi connectivity index (χ3v) is 8.69. The Hall–Kier alpha value is -3.09. The average molecular weight is 739 g/mol. The second-order valence-corrected chi connectivity index (χ2v) is 11.3. The second kappa shape index (κ2) is 13.0. The van der Waals surface area contributed by atoms with Gasteiger partial charge < -0.3 is 14.8 Å². The summed E-state index contributed by atoms with van der Waals surface area (Å²) in [6.45, 7) is 3.69. The van der Waals surface area contributed by atoms with Crippen LogP contribution in [-0.2, 0) is 4.79 Å². The van der Waals surface area contributed by atoms with Crippen molar-refractivity contribution in [3.05, 3.63) is 89.5 Å². The third-order valence-electron chi connectivity index (χ3n) is 6.05. The molecule has 0 radical (unpaired) electrons. The SMILES string of the molecule is CC[C@@H](C)c1nc2ccc(Br)cc2c(=O)n1N=Cc1cc(OC)c(OCC(=O)Nc2ccc(F)cc2)c(Br)c1Br. The maximum Gasteiger partial charge on any atom is 0.282 e. The zero-order valence-corrected chi connectivity index (χ0v) is 26.4. The van der Waals surface area contributed by atoms with Gasteiger partial charge in [0.1, 0.15) is 11.6 Å². The molecule has 4 aromatic rings. The first-order valence-electron chi connectivity index (χ1n) is 12.1. The molecule has 3 aromatic carbocycles. The fraction of sp³-hybridized carbons (Fsp3) is 0.214. The smallest absolute Gasteiger partial charge is 0.282 e. The van der Waals surface area contributed by atoms with Crippen molar-refractivity contribution < 1.29 is 18.7 Å². The van der Waals surface area contributed by atoms with Gasteiger partial charge in [0.25, 0.3) is 11.5 Å². The topological polar surface area (TPSA) is 94.8 Å². The first-order valence-corrected chi connectivity index (χ1v) is 14.5. The maximum absolute atomic E-state index is 13.4. The van der Waals surface area contributed by atoms with E-state index in [1.54, 1.807) is 18.2 Å². The van der Waals surface area contributed by atoms with Gasteiger partial charge in [-0.05, 0) is 86.8 Å². The monoisotopic (exact) mass is 736 g/mol. The number of hydrogen-bond donors (Lipinski definition) is 1. The number of fused-ring (bicyclic) bond motifs is 1. The standard InChI is InChI=1S/C28H24Br3FN4O4/c1-4-15(2)27-35-21-10-5-17(29)12-20(21)28(38)36(27)33-13-16-11-22(39-3)26(25(31)24(16)30)40-14-23(37)34-19-8-6-18(32)7-9-19/h5-13,15H,4,14H2,1-3H3,(H,34,37)/t15-/m1/s1. The highest BCUT2D eigenvalue weighted by Gasteiger charge is 2.19. The number of halogens is 4. The lowest BCUT2D eigenvalue weighted by atomic mass is 10.1. The molecule has 1 amide bonds. The highest BCUT2D eigenvalue weighted by atomic mass is 79.9. The van der Waals surface area contributed by atoms with Crippen LogP contribution in [0.5, 0.6) is 11.5 Å². The molecule has 0 aliphatic carbocycles. The second-order valence-electron chi connectivity index (χ2n) is 8.77. The van der Waals surface area contributed by atoms with Crippen LogP contribution in [-0.4, -0.2) is 35.5 Å². The summed E-state index contributed by atoms with van der Waals surface area (Å²) < 4.78 is 27.5.